The first-order valence-corrected chi connectivity index (χ1v) is 6.56. The van der Waals surface area contributed by atoms with Crippen LogP contribution in [0.1, 0.15) is 5.69 Å². The zero-order valence-electron chi connectivity index (χ0n) is 9.07. The van der Waals surface area contributed by atoms with E-state index in [4.69, 9.17) is 12.2 Å². The summed E-state index contributed by atoms with van der Waals surface area (Å²) >= 11 is 7.12. The quantitative estimate of drug-likeness (QED) is 0.838. The molecule has 0 bridgehead atoms. The normalized spacial score (nSPS) is 11.4. The molecule has 0 aliphatic carbocycles. The maximum atomic E-state index is 5.30. The van der Waals surface area contributed by atoms with Gasteiger partial charge in [0.25, 0.3) is 0 Å². The van der Waals surface area contributed by atoms with Crippen LogP contribution in [0, 0.1) is 11.7 Å². The molecule has 0 atom stereocenters. The zero-order chi connectivity index (χ0) is 11.0. The lowest BCUT2D eigenvalue weighted by Crippen LogP contribution is -2.04. The molecule has 82 valence electrons. The van der Waals surface area contributed by atoms with Crippen molar-refractivity contribution < 1.29 is 0 Å². The lowest BCUT2D eigenvalue weighted by Gasteiger charge is -2.02. The highest BCUT2D eigenvalue weighted by atomic mass is 32.2. The summed E-state index contributed by atoms with van der Waals surface area (Å²) in [6.07, 6.45) is 2.10. The average Bonchev–Trinajstić information content (AvgIpc) is 2.64. The minimum Gasteiger partial charge on any atom is -0.328 e. The average molecular weight is 242 g/mol. The topological polar surface area (TPSA) is 38.5 Å². The number of nitrogens with zero attached hydrogens (tertiary/aromatic N) is 3. The van der Waals surface area contributed by atoms with Crippen LogP contribution in [-0.2, 0) is 13.6 Å². The van der Waals surface area contributed by atoms with Crippen molar-refractivity contribution in [2.75, 3.05) is 12.0 Å². The molecule has 4 nitrogen and oxygen atoms in total. The fraction of sp³-hybridized carbons (Fsp3) is 0.556. The fourth-order valence-corrected chi connectivity index (χ4v) is 2.41. The van der Waals surface area contributed by atoms with Gasteiger partial charge in [0.1, 0.15) is 5.52 Å². The predicted molar refractivity (Wildman–Crippen MR) is 67.0 cm³/mol. The van der Waals surface area contributed by atoms with Gasteiger partial charge in [0, 0.05) is 19.3 Å². The summed E-state index contributed by atoms with van der Waals surface area (Å²) in [6, 6.07) is 0. The molecule has 2 aromatic rings. The summed E-state index contributed by atoms with van der Waals surface area (Å²) in [5.74, 6) is 1.06. The molecule has 0 aromatic carbocycles. The minimum atomic E-state index is 0.787. The highest BCUT2D eigenvalue weighted by Gasteiger charge is 2.11. The van der Waals surface area contributed by atoms with Gasteiger partial charge >= 0.3 is 0 Å². The summed E-state index contributed by atoms with van der Waals surface area (Å²) in [5, 5.41) is 4.37. The van der Waals surface area contributed by atoms with E-state index < -0.39 is 0 Å². The van der Waals surface area contributed by atoms with Crippen LogP contribution in [0.25, 0.3) is 11.2 Å². The molecule has 0 fully saturated rings. The van der Waals surface area contributed by atoms with Crippen molar-refractivity contribution in [1.82, 2.24) is 19.3 Å². The van der Waals surface area contributed by atoms with E-state index in [0.29, 0.717) is 0 Å². The highest BCUT2D eigenvalue weighted by Crippen LogP contribution is 2.17. The summed E-state index contributed by atoms with van der Waals surface area (Å²) in [7, 11) is 1.95. The van der Waals surface area contributed by atoms with Crippen molar-refractivity contribution in [3.05, 3.63) is 10.5 Å². The number of rotatable bonds is 3. The van der Waals surface area contributed by atoms with Crippen molar-refractivity contribution >= 4 is 35.1 Å². The van der Waals surface area contributed by atoms with E-state index in [1.165, 1.54) is 0 Å². The van der Waals surface area contributed by atoms with Crippen molar-refractivity contribution in [3.63, 3.8) is 0 Å². The number of hydrogen-bond acceptors (Lipinski definition) is 3. The Labute approximate surface area is 97.7 Å². The van der Waals surface area contributed by atoms with Crippen molar-refractivity contribution in [2.24, 2.45) is 7.05 Å². The number of hydrogen-bond donors (Lipinski definition) is 1. The van der Waals surface area contributed by atoms with Crippen LogP contribution in [0.5, 0.6) is 0 Å². The van der Waals surface area contributed by atoms with Gasteiger partial charge in [0.05, 0.1) is 5.69 Å². The van der Waals surface area contributed by atoms with Gasteiger partial charge in [0.15, 0.2) is 10.4 Å². The number of fused-ring (bicyclic) bond motifs is 1. The molecule has 0 spiro atoms. The molecule has 6 heteroatoms. The number of thioether (sulfide) groups is 1. The van der Waals surface area contributed by atoms with Crippen LogP contribution in [-0.4, -0.2) is 31.3 Å². The molecule has 1 N–H and O–H groups in total. The van der Waals surface area contributed by atoms with E-state index in [1.807, 2.05) is 30.4 Å². The van der Waals surface area contributed by atoms with Gasteiger partial charge in [-0.2, -0.15) is 16.9 Å². The monoisotopic (exact) mass is 242 g/mol. The fourth-order valence-electron chi connectivity index (χ4n) is 1.76. The first kappa shape index (κ1) is 10.8. The van der Waals surface area contributed by atoms with Crippen molar-refractivity contribution in [3.8, 4) is 0 Å². The number of aromatic nitrogens is 4. The van der Waals surface area contributed by atoms with Gasteiger partial charge in [-0.3, -0.25) is 4.68 Å². The third-order valence-corrected chi connectivity index (χ3v) is 3.36. The van der Waals surface area contributed by atoms with Crippen LogP contribution in [0.3, 0.4) is 0 Å². The molecule has 2 aromatic heterocycles. The second-order valence-electron chi connectivity index (χ2n) is 3.48. The van der Waals surface area contributed by atoms with E-state index >= 15 is 0 Å². The van der Waals surface area contributed by atoms with Crippen LogP contribution in [0.4, 0.5) is 0 Å². The third-order valence-electron chi connectivity index (χ3n) is 2.44. The summed E-state index contributed by atoms with van der Waals surface area (Å²) in [4.78, 5) is 3.21. The molecule has 15 heavy (non-hydrogen) atoms. The Morgan fingerprint density at radius 1 is 1.53 bits per heavy atom. The summed E-state index contributed by atoms with van der Waals surface area (Å²) in [5.41, 5.74) is 3.15. The number of aromatic amines is 1. The molecular formula is C9H14N4S2. The second-order valence-corrected chi connectivity index (χ2v) is 4.85. The standard InChI is InChI=1S/C9H14N4S2/c1-6-7-8(12(2)11-6)13(4-5-15-3)9(14)10-7/h4-5H2,1-3H3,(H,10,14). The molecule has 0 radical (unpaired) electrons. The molecule has 0 aliphatic heterocycles. The highest BCUT2D eigenvalue weighted by molar-refractivity contribution is 7.98. The lowest BCUT2D eigenvalue weighted by atomic mass is 10.4. The largest absolute Gasteiger partial charge is 0.328 e. The Morgan fingerprint density at radius 2 is 2.27 bits per heavy atom. The van der Waals surface area contributed by atoms with Crippen LogP contribution < -0.4 is 0 Å². The Bertz CT molecular complexity index is 534. The van der Waals surface area contributed by atoms with E-state index in [1.54, 1.807) is 0 Å². The SMILES string of the molecule is CSCCn1c(=S)[nH]c2c(C)nn(C)c21. The van der Waals surface area contributed by atoms with E-state index in [-0.39, 0.29) is 0 Å². The summed E-state index contributed by atoms with van der Waals surface area (Å²) in [6.45, 7) is 2.92. The Hall–Kier alpha value is -0.750. The Balaban J connectivity index is 2.61. The first-order chi connectivity index (χ1) is 7.15. The van der Waals surface area contributed by atoms with E-state index in [2.05, 4.69) is 20.9 Å². The number of aryl methyl sites for hydroxylation is 3. The summed E-state index contributed by atoms with van der Waals surface area (Å²) < 4.78 is 4.79. The zero-order valence-corrected chi connectivity index (χ0v) is 10.7. The smallest absolute Gasteiger partial charge is 0.179 e. The Kier molecular flexibility index (Phi) is 2.88. The Morgan fingerprint density at radius 3 is 2.93 bits per heavy atom. The molecule has 2 rings (SSSR count). The molecule has 0 saturated carbocycles. The molecule has 2 heterocycles. The van der Waals surface area contributed by atoms with Gasteiger partial charge in [-0.15, -0.1) is 0 Å². The van der Waals surface area contributed by atoms with Gasteiger partial charge in [0.2, 0.25) is 0 Å². The van der Waals surface area contributed by atoms with Crippen molar-refractivity contribution in [2.45, 2.75) is 13.5 Å². The van der Waals surface area contributed by atoms with E-state index in [9.17, 15) is 0 Å². The molecule has 0 aliphatic rings. The number of nitrogens with one attached hydrogen (secondary N) is 1. The van der Waals surface area contributed by atoms with Gasteiger partial charge in [-0.25, -0.2) is 0 Å². The van der Waals surface area contributed by atoms with Gasteiger partial charge in [-0.1, -0.05) is 0 Å². The maximum Gasteiger partial charge on any atom is 0.179 e. The molecule has 0 saturated heterocycles. The third kappa shape index (κ3) is 1.72. The van der Waals surface area contributed by atoms with Crippen LogP contribution >= 0.6 is 24.0 Å². The van der Waals surface area contributed by atoms with Crippen LogP contribution in [0.15, 0.2) is 0 Å². The predicted octanol–water partition coefficient (Wildman–Crippen LogP) is 2.10. The number of imidazole rings is 1. The molecule has 0 amide bonds. The molecular weight excluding hydrogens is 228 g/mol. The minimum absolute atomic E-state index is 0.787. The van der Waals surface area contributed by atoms with Gasteiger partial charge in [-0.05, 0) is 25.4 Å². The van der Waals surface area contributed by atoms with Crippen molar-refractivity contribution in [1.29, 1.82) is 0 Å². The number of H-pyrrole nitrogens is 1. The van der Waals surface area contributed by atoms with E-state index in [0.717, 1.165) is 33.9 Å². The van der Waals surface area contributed by atoms with Crippen LogP contribution in [0.2, 0.25) is 0 Å². The first-order valence-electron chi connectivity index (χ1n) is 4.76. The lowest BCUT2D eigenvalue weighted by molar-refractivity contribution is 0.704. The van der Waals surface area contributed by atoms with Gasteiger partial charge < -0.3 is 9.55 Å². The maximum absolute atomic E-state index is 5.30. The second kappa shape index (κ2) is 4.02. The molecule has 0 unspecified atom stereocenters.